The van der Waals surface area contributed by atoms with Gasteiger partial charge in [-0.3, -0.25) is 4.79 Å². The highest BCUT2D eigenvalue weighted by Crippen LogP contribution is 2.42. The number of ether oxygens (including phenoxy) is 2. The van der Waals surface area contributed by atoms with Gasteiger partial charge in [0, 0.05) is 20.9 Å². The van der Waals surface area contributed by atoms with E-state index in [2.05, 4.69) is 48.5 Å². The molecule has 0 fully saturated rings. The van der Waals surface area contributed by atoms with Crippen molar-refractivity contribution in [1.29, 1.82) is 0 Å². The predicted octanol–water partition coefficient (Wildman–Crippen LogP) is 5.98. The molecule has 0 atom stereocenters. The fraction of sp³-hybridized carbons (Fsp3) is 0.227. The monoisotopic (exact) mass is 567 g/mol. The Morgan fingerprint density at radius 2 is 2.10 bits per heavy atom. The molecule has 162 valence electrons. The molecule has 0 unspecified atom stereocenters. The first-order chi connectivity index (χ1) is 14.9. The van der Waals surface area contributed by atoms with Crippen molar-refractivity contribution in [3.8, 4) is 11.5 Å². The van der Waals surface area contributed by atoms with E-state index in [9.17, 15) is 4.79 Å². The number of benzene rings is 2. The largest absolute Gasteiger partial charge is 0.493 e. The maximum Gasteiger partial charge on any atom is 0.282 e. The zero-order chi connectivity index (χ0) is 22.5. The summed E-state index contributed by atoms with van der Waals surface area (Å²) >= 11 is 13.4. The van der Waals surface area contributed by atoms with Crippen LogP contribution in [0.5, 0.6) is 11.5 Å². The minimum absolute atomic E-state index is 0.244. The van der Waals surface area contributed by atoms with Crippen LogP contribution >= 0.6 is 43.5 Å². The number of hydrogen-bond acceptors (Lipinski definition) is 5. The van der Waals surface area contributed by atoms with Gasteiger partial charge >= 0.3 is 0 Å². The Hall–Kier alpha value is -2.16. The summed E-state index contributed by atoms with van der Waals surface area (Å²) < 4.78 is 13.7. The van der Waals surface area contributed by atoms with E-state index in [-0.39, 0.29) is 12.2 Å². The molecule has 6 nitrogen and oxygen atoms in total. The fourth-order valence-corrected chi connectivity index (χ4v) is 3.96. The van der Waals surface area contributed by atoms with Crippen molar-refractivity contribution in [3.05, 3.63) is 72.6 Å². The van der Waals surface area contributed by atoms with E-state index < -0.39 is 0 Å². The van der Waals surface area contributed by atoms with E-state index in [0.29, 0.717) is 49.7 Å². The Kier molecular flexibility index (Phi) is 7.91. The van der Waals surface area contributed by atoms with Crippen LogP contribution in [0.3, 0.4) is 0 Å². The summed E-state index contributed by atoms with van der Waals surface area (Å²) in [4.78, 5) is 17.8. The number of hydrogen-bond donors (Lipinski definition) is 0. The summed E-state index contributed by atoms with van der Waals surface area (Å²) in [5.74, 6) is 1.42. The first-order valence-electron chi connectivity index (χ1n) is 9.46. The average Bonchev–Trinajstić information content (AvgIpc) is 2.76. The van der Waals surface area contributed by atoms with Gasteiger partial charge in [-0.25, -0.2) is 4.98 Å². The summed E-state index contributed by atoms with van der Waals surface area (Å²) in [6.07, 6.45) is 4.59. The number of aromatic nitrogens is 2. The van der Waals surface area contributed by atoms with Crippen LogP contribution in [-0.4, -0.2) is 29.6 Å². The summed E-state index contributed by atoms with van der Waals surface area (Å²) in [6, 6.07) is 7.15. The van der Waals surface area contributed by atoms with Gasteiger partial charge in [0.25, 0.3) is 5.56 Å². The molecule has 3 rings (SSSR count). The Balaban J connectivity index is 2.13. The van der Waals surface area contributed by atoms with Crippen LogP contribution in [0, 0.1) is 0 Å². The molecule has 3 aromatic rings. The topological polar surface area (TPSA) is 65.7 Å². The van der Waals surface area contributed by atoms with Crippen molar-refractivity contribution in [2.45, 2.75) is 19.8 Å². The van der Waals surface area contributed by atoms with Crippen LogP contribution in [0.2, 0.25) is 5.02 Å². The summed E-state index contributed by atoms with van der Waals surface area (Å²) in [5, 5.41) is 5.26. The van der Waals surface area contributed by atoms with Gasteiger partial charge in [0.1, 0.15) is 17.5 Å². The number of nitrogens with zero attached hydrogens (tertiary/aromatic N) is 3. The Labute approximate surface area is 201 Å². The zero-order valence-corrected chi connectivity index (χ0v) is 20.9. The number of methoxy groups -OCH3 is 1. The molecule has 0 radical (unpaired) electrons. The minimum atomic E-state index is -0.244. The third kappa shape index (κ3) is 5.02. The molecule has 0 N–H and O–H groups in total. The quantitative estimate of drug-likeness (QED) is 0.247. The lowest BCUT2D eigenvalue weighted by Gasteiger charge is -2.14. The number of fused-ring (bicyclic) bond motifs is 1. The van der Waals surface area contributed by atoms with Crippen LogP contribution in [0.15, 0.2) is 55.8 Å². The van der Waals surface area contributed by atoms with E-state index in [0.717, 1.165) is 10.9 Å². The molecular formula is C22H20Br2ClN3O3. The molecule has 0 spiro atoms. The van der Waals surface area contributed by atoms with Crippen LogP contribution in [0.1, 0.15) is 24.7 Å². The molecule has 1 heterocycles. The van der Waals surface area contributed by atoms with E-state index in [1.54, 1.807) is 24.4 Å². The van der Waals surface area contributed by atoms with E-state index in [1.807, 2.05) is 19.1 Å². The predicted molar refractivity (Wildman–Crippen MR) is 132 cm³/mol. The summed E-state index contributed by atoms with van der Waals surface area (Å²) in [7, 11) is 1.52. The van der Waals surface area contributed by atoms with Crippen molar-refractivity contribution in [1.82, 2.24) is 9.66 Å². The number of aryl methyl sites for hydroxylation is 1. The molecule has 0 amide bonds. The lowest BCUT2D eigenvalue weighted by atomic mass is 10.2. The van der Waals surface area contributed by atoms with Crippen LogP contribution < -0.4 is 15.0 Å². The molecule has 2 aromatic carbocycles. The van der Waals surface area contributed by atoms with Crippen molar-refractivity contribution in [2.75, 3.05) is 13.7 Å². The normalized spacial score (nSPS) is 11.3. The number of rotatable bonds is 8. The van der Waals surface area contributed by atoms with Crippen molar-refractivity contribution < 1.29 is 9.47 Å². The lowest BCUT2D eigenvalue weighted by molar-refractivity contribution is 0.326. The Morgan fingerprint density at radius 1 is 1.32 bits per heavy atom. The highest BCUT2D eigenvalue weighted by molar-refractivity contribution is 9.10. The molecule has 0 saturated carbocycles. The van der Waals surface area contributed by atoms with Gasteiger partial charge in [-0.1, -0.05) is 47.1 Å². The molecule has 0 aliphatic carbocycles. The molecule has 0 saturated heterocycles. The van der Waals surface area contributed by atoms with Crippen LogP contribution in [0.25, 0.3) is 10.9 Å². The van der Waals surface area contributed by atoms with E-state index in [4.69, 9.17) is 21.1 Å². The second kappa shape index (κ2) is 10.4. The Bertz CT molecular complexity index is 1230. The maximum absolute atomic E-state index is 13.1. The Morgan fingerprint density at radius 3 is 2.77 bits per heavy atom. The molecule has 0 aliphatic heterocycles. The first-order valence-corrected chi connectivity index (χ1v) is 11.4. The van der Waals surface area contributed by atoms with Gasteiger partial charge in [-0.2, -0.15) is 9.78 Å². The lowest BCUT2D eigenvalue weighted by Crippen LogP contribution is -2.22. The average molecular weight is 570 g/mol. The molecule has 0 aliphatic rings. The first kappa shape index (κ1) is 23.5. The molecule has 1 aromatic heterocycles. The second-order valence-corrected chi connectivity index (χ2v) is 8.61. The van der Waals surface area contributed by atoms with Crippen molar-refractivity contribution >= 4 is 60.6 Å². The smallest absolute Gasteiger partial charge is 0.282 e. The molecular weight excluding hydrogens is 550 g/mol. The van der Waals surface area contributed by atoms with Crippen molar-refractivity contribution in [3.63, 3.8) is 0 Å². The van der Waals surface area contributed by atoms with E-state index in [1.165, 1.54) is 11.8 Å². The van der Waals surface area contributed by atoms with Gasteiger partial charge in [0.15, 0.2) is 11.5 Å². The van der Waals surface area contributed by atoms with Crippen LogP contribution in [0.4, 0.5) is 0 Å². The van der Waals surface area contributed by atoms with Gasteiger partial charge in [-0.05, 0) is 46.6 Å². The van der Waals surface area contributed by atoms with Gasteiger partial charge in [0.2, 0.25) is 0 Å². The number of halogens is 3. The summed E-state index contributed by atoms with van der Waals surface area (Å²) in [6.45, 7) is 5.94. The highest BCUT2D eigenvalue weighted by atomic mass is 79.9. The maximum atomic E-state index is 13.1. The van der Waals surface area contributed by atoms with Gasteiger partial charge in [0.05, 0.1) is 24.2 Å². The summed E-state index contributed by atoms with van der Waals surface area (Å²) in [5.41, 5.74) is 1.01. The third-order valence-corrected chi connectivity index (χ3v) is 6.32. The SMILES string of the molecule is C=CCOc1c(OC)cc(C=Nn2c(CCC)nc3ccc(Br)cc3c2=O)c(Br)c1Cl. The third-order valence-electron chi connectivity index (χ3n) is 4.38. The van der Waals surface area contributed by atoms with Gasteiger partial charge in [-0.15, -0.1) is 0 Å². The van der Waals surface area contributed by atoms with Gasteiger partial charge < -0.3 is 9.47 Å². The molecule has 31 heavy (non-hydrogen) atoms. The standard InChI is InChI=1S/C22H20Br2ClN3O3/c1-4-6-18-27-16-8-7-14(23)11-15(16)22(29)28(18)26-12-13-10-17(30-3)21(31-9-5-2)20(25)19(13)24/h5,7-8,10-12H,2,4,6,9H2,1,3H3. The fourth-order valence-electron chi connectivity index (χ4n) is 2.95. The van der Waals surface area contributed by atoms with Crippen molar-refractivity contribution in [2.24, 2.45) is 5.10 Å². The van der Waals surface area contributed by atoms with E-state index >= 15 is 0 Å². The second-order valence-electron chi connectivity index (χ2n) is 6.53. The molecule has 9 heteroatoms. The highest BCUT2D eigenvalue weighted by Gasteiger charge is 2.17. The minimum Gasteiger partial charge on any atom is -0.493 e. The molecule has 0 bridgehead atoms. The zero-order valence-electron chi connectivity index (χ0n) is 17.0. The van der Waals surface area contributed by atoms with Crippen LogP contribution in [-0.2, 0) is 6.42 Å².